The summed E-state index contributed by atoms with van der Waals surface area (Å²) in [6.07, 6.45) is 2.87. The Balaban J connectivity index is 2.28. The first-order valence-electron chi connectivity index (χ1n) is 4.46. The Bertz CT molecular complexity index is 216. The predicted octanol–water partition coefficient (Wildman–Crippen LogP) is 0.990. The third-order valence-corrected chi connectivity index (χ3v) is 4.29. The van der Waals surface area contributed by atoms with Crippen molar-refractivity contribution in [2.24, 2.45) is 0 Å². The van der Waals surface area contributed by atoms with E-state index in [0.29, 0.717) is 19.0 Å². The number of rotatable bonds is 5. The lowest BCUT2D eigenvalue weighted by Crippen LogP contribution is -2.41. The highest BCUT2D eigenvalue weighted by atomic mass is 32.2. The van der Waals surface area contributed by atoms with E-state index in [4.69, 9.17) is 4.74 Å². The third kappa shape index (κ3) is 2.45. The highest BCUT2D eigenvalue weighted by molar-refractivity contribution is 7.92. The molecule has 4 heteroatoms. The van der Waals surface area contributed by atoms with Gasteiger partial charge in [-0.1, -0.05) is 19.8 Å². The molecule has 1 saturated heterocycles. The number of unbranched alkanes of at least 4 members (excludes halogenated alkanes) is 2. The van der Waals surface area contributed by atoms with Crippen LogP contribution in [-0.4, -0.2) is 32.6 Å². The maximum absolute atomic E-state index is 11.4. The number of ether oxygens (including phenoxy) is 1. The largest absolute Gasteiger partial charge is 0.379 e. The van der Waals surface area contributed by atoms with Gasteiger partial charge in [-0.15, -0.1) is 0 Å². The van der Waals surface area contributed by atoms with Crippen molar-refractivity contribution in [3.05, 3.63) is 0 Å². The normalized spacial score (nSPS) is 19.1. The minimum absolute atomic E-state index is 0.200. The van der Waals surface area contributed by atoms with E-state index in [9.17, 15) is 8.42 Å². The lowest BCUT2D eigenvalue weighted by atomic mass is 10.3. The number of hydrogen-bond acceptors (Lipinski definition) is 3. The summed E-state index contributed by atoms with van der Waals surface area (Å²) in [5.41, 5.74) is 0. The average molecular weight is 192 g/mol. The van der Waals surface area contributed by atoms with E-state index in [1.807, 2.05) is 0 Å². The molecule has 1 fully saturated rings. The lowest BCUT2D eigenvalue weighted by Gasteiger charge is -2.25. The van der Waals surface area contributed by atoms with Gasteiger partial charge in [0.2, 0.25) is 0 Å². The van der Waals surface area contributed by atoms with Gasteiger partial charge in [0.25, 0.3) is 0 Å². The Labute approximate surface area is 74.0 Å². The van der Waals surface area contributed by atoms with Crippen molar-refractivity contribution in [1.82, 2.24) is 0 Å². The molecule has 12 heavy (non-hydrogen) atoms. The van der Waals surface area contributed by atoms with Crippen molar-refractivity contribution in [3.63, 3.8) is 0 Å². The first kappa shape index (κ1) is 9.99. The number of sulfone groups is 1. The summed E-state index contributed by atoms with van der Waals surface area (Å²) in [4.78, 5) is 0. The molecule has 0 radical (unpaired) electrons. The molecule has 0 amide bonds. The molecule has 0 saturated carbocycles. The Kier molecular flexibility index (Phi) is 3.53. The summed E-state index contributed by atoms with van der Waals surface area (Å²) in [7, 11) is -2.82. The summed E-state index contributed by atoms with van der Waals surface area (Å²) in [5.74, 6) is 0.342. The van der Waals surface area contributed by atoms with Crippen LogP contribution < -0.4 is 0 Å². The highest BCUT2D eigenvalue weighted by Gasteiger charge is 2.31. The molecule has 3 nitrogen and oxygen atoms in total. The van der Waals surface area contributed by atoms with Gasteiger partial charge in [0, 0.05) is 0 Å². The molecule has 0 aromatic carbocycles. The van der Waals surface area contributed by atoms with Crippen LogP contribution in [0.3, 0.4) is 0 Å². The van der Waals surface area contributed by atoms with Crippen LogP contribution in [0.15, 0.2) is 0 Å². The molecule has 1 heterocycles. The zero-order valence-corrected chi connectivity index (χ0v) is 8.27. The Morgan fingerprint density at radius 1 is 1.33 bits per heavy atom. The first-order chi connectivity index (χ1) is 5.67. The highest BCUT2D eigenvalue weighted by Crippen LogP contribution is 2.14. The standard InChI is InChI=1S/C8H16O3S/c1-2-3-4-5-12(9,10)8-6-11-7-8/h8H,2-7H2,1H3. The van der Waals surface area contributed by atoms with Gasteiger partial charge in [-0.3, -0.25) is 0 Å². The second-order valence-corrected chi connectivity index (χ2v) is 5.63. The SMILES string of the molecule is CCCCCS(=O)(=O)C1COC1. The van der Waals surface area contributed by atoms with Gasteiger partial charge >= 0.3 is 0 Å². The van der Waals surface area contributed by atoms with Crippen LogP contribution in [0.1, 0.15) is 26.2 Å². The maximum atomic E-state index is 11.4. The smallest absolute Gasteiger partial charge is 0.157 e. The molecule has 0 unspecified atom stereocenters. The molecule has 1 rings (SSSR count). The van der Waals surface area contributed by atoms with Gasteiger partial charge in [-0.05, 0) is 6.42 Å². The summed E-state index contributed by atoms with van der Waals surface area (Å²) < 4.78 is 27.7. The minimum atomic E-state index is -2.82. The summed E-state index contributed by atoms with van der Waals surface area (Å²) in [5, 5.41) is -0.200. The second-order valence-electron chi connectivity index (χ2n) is 3.23. The molecule has 0 N–H and O–H groups in total. The lowest BCUT2D eigenvalue weighted by molar-refractivity contribution is 0.0416. The van der Waals surface area contributed by atoms with Gasteiger partial charge in [0.1, 0.15) is 5.25 Å². The molecule has 0 bridgehead atoms. The van der Waals surface area contributed by atoms with E-state index in [-0.39, 0.29) is 5.25 Å². The van der Waals surface area contributed by atoms with Crippen molar-refractivity contribution < 1.29 is 13.2 Å². The molecule has 0 atom stereocenters. The van der Waals surface area contributed by atoms with Crippen LogP contribution in [0, 0.1) is 0 Å². The van der Waals surface area contributed by atoms with Gasteiger partial charge in [0.15, 0.2) is 9.84 Å². The quantitative estimate of drug-likeness (QED) is 0.610. The van der Waals surface area contributed by atoms with E-state index in [1.54, 1.807) is 0 Å². The first-order valence-corrected chi connectivity index (χ1v) is 6.17. The van der Waals surface area contributed by atoms with Gasteiger partial charge in [-0.2, -0.15) is 0 Å². The molecule has 72 valence electrons. The van der Waals surface area contributed by atoms with Crippen LogP contribution in [0.25, 0.3) is 0 Å². The van der Waals surface area contributed by atoms with Crippen molar-refractivity contribution in [3.8, 4) is 0 Å². The zero-order valence-electron chi connectivity index (χ0n) is 7.45. The van der Waals surface area contributed by atoms with Crippen molar-refractivity contribution in [2.45, 2.75) is 31.4 Å². The Morgan fingerprint density at radius 3 is 2.42 bits per heavy atom. The monoisotopic (exact) mass is 192 g/mol. The van der Waals surface area contributed by atoms with E-state index < -0.39 is 9.84 Å². The van der Waals surface area contributed by atoms with E-state index in [1.165, 1.54) is 0 Å². The molecule has 0 aliphatic carbocycles. The van der Waals surface area contributed by atoms with Gasteiger partial charge in [0.05, 0.1) is 19.0 Å². The minimum Gasteiger partial charge on any atom is -0.379 e. The molecule has 1 aliphatic heterocycles. The maximum Gasteiger partial charge on any atom is 0.157 e. The van der Waals surface area contributed by atoms with Crippen molar-refractivity contribution in [2.75, 3.05) is 19.0 Å². The van der Waals surface area contributed by atoms with Crippen LogP contribution in [0.2, 0.25) is 0 Å². The van der Waals surface area contributed by atoms with E-state index in [0.717, 1.165) is 19.3 Å². The third-order valence-electron chi connectivity index (χ3n) is 2.15. The van der Waals surface area contributed by atoms with Crippen LogP contribution in [-0.2, 0) is 14.6 Å². The summed E-state index contributed by atoms with van der Waals surface area (Å²) in [6, 6.07) is 0. The fourth-order valence-electron chi connectivity index (χ4n) is 1.14. The number of hydrogen-bond donors (Lipinski definition) is 0. The van der Waals surface area contributed by atoms with E-state index in [2.05, 4.69) is 6.92 Å². The predicted molar refractivity (Wildman–Crippen MR) is 47.9 cm³/mol. The molecule has 0 aromatic heterocycles. The summed E-state index contributed by atoms with van der Waals surface area (Å²) in [6.45, 7) is 2.89. The van der Waals surface area contributed by atoms with Crippen LogP contribution >= 0.6 is 0 Å². The van der Waals surface area contributed by atoms with Crippen LogP contribution in [0.4, 0.5) is 0 Å². The molecular formula is C8H16O3S. The van der Waals surface area contributed by atoms with Gasteiger partial charge < -0.3 is 4.74 Å². The molecular weight excluding hydrogens is 176 g/mol. The van der Waals surface area contributed by atoms with Gasteiger partial charge in [-0.25, -0.2) is 8.42 Å². The molecule has 1 aliphatic rings. The fourth-order valence-corrected chi connectivity index (χ4v) is 2.69. The summed E-state index contributed by atoms with van der Waals surface area (Å²) >= 11 is 0. The zero-order chi connectivity index (χ0) is 9.03. The average Bonchev–Trinajstić information content (AvgIpc) is 1.82. The Morgan fingerprint density at radius 2 is 2.00 bits per heavy atom. The van der Waals surface area contributed by atoms with E-state index >= 15 is 0 Å². The second kappa shape index (κ2) is 4.23. The van der Waals surface area contributed by atoms with Crippen LogP contribution in [0.5, 0.6) is 0 Å². The molecule has 0 aromatic rings. The fraction of sp³-hybridized carbons (Fsp3) is 1.00. The topological polar surface area (TPSA) is 43.4 Å². The molecule has 0 spiro atoms. The van der Waals surface area contributed by atoms with Crippen molar-refractivity contribution >= 4 is 9.84 Å². The Hall–Kier alpha value is -0.0900. The van der Waals surface area contributed by atoms with Crippen molar-refractivity contribution in [1.29, 1.82) is 0 Å².